The fraction of sp³-hybridized carbons (Fsp3) is 0.154. The number of pyridine rings is 1. The highest BCUT2D eigenvalue weighted by molar-refractivity contribution is 7.90. The highest BCUT2D eigenvalue weighted by atomic mass is 32.2. The topological polar surface area (TPSA) is 76.4 Å². The Balaban J connectivity index is 2.45. The van der Waals surface area contributed by atoms with Crippen molar-refractivity contribution in [2.24, 2.45) is 0 Å². The maximum atomic E-state index is 12.1. The van der Waals surface area contributed by atoms with E-state index in [1.54, 1.807) is 25.1 Å². The van der Waals surface area contributed by atoms with E-state index in [1.165, 1.54) is 24.3 Å². The van der Waals surface area contributed by atoms with Crippen LogP contribution in [0.5, 0.6) is 0 Å². The van der Waals surface area contributed by atoms with Gasteiger partial charge in [-0.3, -0.25) is 4.79 Å². The molecular weight excluding hydrogens is 266 g/mol. The van der Waals surface area contributed by atoms with E-state index < -0.39 is 21.1 Å². The van der Waals surface area contributed by atoms with Gasteiger partial charge in [0.05, 0.1) is 16.3 Å². The fourth-order valence-corrected chi connectivity index (χ4v) is 3.11. The number of rotatable bonds is 3. The average molecular weight is 279 g/mol. The van der Waals surface area contributed by atoms with Gasteiger partial charge in [0, 0.05) is 6.07 Å². The molecular formula is C13H13NO4S. The van der Waals surface area contributed by atoms with Crippen molar-refractivity contribution in [3.63, 3.8) is 0 Å². The highest BCUT2D eigenvalue weighted by Crippen LogP contribution is 2.15. The van der Waals surface area contributed by atoms with Gasteiger partial charge in [-0.15, -0.1) is 0 Å². The van der Waals surface area contributed by atoms with Crippen LogP contribution >= 0.6 is 0 Å². The lowest BCUT2D eigenvalue weighted by Crippen LogP contribution is -2.22. The smallest absolute Gasteiger partial charge is 0.283 e. The first-order chi connectivity index (χ1) is 8.90. The van der Waals surface area contributed by atoms with Crippen LogP contribution in [-0.2, 0) is 15.6 Å². The zero-order valence-electron chi connectivity index (χ0n) is 10.3. The molecule has 0 fully saturated rings. The van der Waals surface area contributed by atoms with Gasteiger partial charge in [0.15, 0.2) is 9.84 Å². The SMILES string of the molecule is Cc1cc(CS(=O)(=O)c2ccccc2)n(O)c(=O)c1. The second-order valence-corrected chi connectivity index (χ2v) is 6.24. The van der Waals surface area contributed by atoms with Crippen molar-refractivity contribution < 1.29 is 13.6 Å². The number of benzene rings is 1. The molecule has 0 aliphatic rings. The number of hydrogen-bond donors (Lipinski definition) is 1. The summed E-state index contributed by atoms with van der Waals surface area (Å²) in [5, 5.41) is 9.57. The quantitative estimate of drug-likeness (QED) is 0.861. The largest absolute Gasteiger partial charge is 0.425 e. The Labute approximate surface area is 110 Å². The molecule has 6 heteroatoms. The average Bonchev–Trinajstić information content (AvgIpc) is 2.36. The molecule has 5 nitrogen and oxygen atoms in total. The lowest BCUT2D eigenvalue weighted by atomic mass is 10.2. The molecule has 0 spiro atoms. The van der Waals surface area contributed by atoms with Crippen molar-refractivity contribution >= 4 is 9.84 Å². The third kappa shape index (κ3) is 2.85. The summed E-state index contributed by atoms with van der Waals surface area (Å²) in [6, 6.07) is 10.6. The van der Waals surface area contributed by atoms with Gasteiger partial charge in [-0.2, -0.15) is 4.73 Å². The lowest BCUT2D eigenvalue weighted by molar-refractivity contribution is 0.167. The van der Waals surface area contributed by atoms with Crippen LogP contribution in [0.4, 0.5) is 0 Å². The first-order valence-electron chi connectivity index (χ1n) is 5.60. The molecule has 1 heterocycles. The van der Waals surface area contributed by atoms with E-state index in [2.05, 4.69) is 0 Å². The Morgan fingerprint density at radius 3 is 2.42 bits per heavy atom. The summed E-state index contributed by atoms with van der Waals surface area (Å²) in [5.74, 6) is -0.426. The van der Waals surface area contributed by atoms with Crippen LogP contribution in [0.1, 0.15) is 11.3 Å². The zero-order valence-corrected chi connectivity index (χ0v) is 11.1. The van der Waals surface area contributed by atoms with Gasteiger partial charge in [-0.1, -0.05) is 18.2 Å². The molecule has 2 aromatic rings. The van der Waals surface area contributed by atoms with Gasteiger partial charge < -0.3 is 5.21 Å². The second-order valence-electron chi connectivity index (χ2n) is 4.25. The van der Waals surface area contributed by atoms with Gasteiger partial charge in [0.25, 0.3) is 5.56 Å². The van der Waals surface area contributed by atoms with Crippen molar-refractivity contribution in [1.82, 2.24) is 4.73 Å². The maximum absolute atomic E-state index is 12.1. The summed E-state index contributed by atoms with van der Waals surface area (Å²) in [6.07, 6.45) is 0. The van der Waals surface area contributed by atoms with Gasteiger partial charge in [0.2, 0.25) is 0 Å². The molecule has 0 bridgehead atoms. The number of sulfone groups is 1. The van der Waals surface area contributed by atoms with Crippen LogP contribution < -0.4 is 5.56 Å². The van der Waals surface area contributed by atoms with E-state index in [1.807, 2.05) is 0 Å². The third-order valence-electron chi connectivity index (χ3n) is 2.67. The van der Waals surface area contributed by atoms with E-state index in [9.17, 15) is 18.4 Å². The van der Waals surface area contributed by atoms with Gasteiger partial charge in [0.1, 0.15) is 0 Å². The fourth-order valence-electron chi connectivity index (χ4n) is 1.77. The van der Waals surface area contributed by atoms with E-state index in [0.717, 1.165) is 0 Å². The van der Waals surface area contributed by atoms with Crippen molar-refractivity contribution in [1.29, 1.82) is 0 Å². The zero-order chi connectivity index (χ0) is 14.0. The molecule has 2 rings (SSSR count). The van der Waals surface area contributed by atoms with Crippen molar-refractivity contribution in [2.75, 3.05) is 0 Å². The molecule has 0 aliphatic heterocycles. The van der Waals surface area contributed by atoms with Crippen molar-refractivity contribution in [3.05, 3.63) is 64.1 Å². The Kier molecular flexibility index (Phi) is 3.44. The minimum absolute atomic E-state index is 0.0499. The highest BCUT2D eigenvalue weighted by Gasteiger charge is 2.18. The number of nitrogens with zero attached hydrogens (tertiary/aromatic N) is 1. The van der Waals surface area contributed by atoms with E-state index in [0.29, 0.717) is 10.3 Å². The van der Waals surface area contributed by atoms with E-state index in [4.69, 9.17) is 0 Å². The number of aryl methyl sites for hydroxylation is 1. The second kappa shape index (κ2) is 4.89. The van der Waals surface area contributed by atoms with Crippen LogP contribution in [0.2, 0.25) is 0 Å². The van der Waals surface area contributed by atoms with Crippen LogP contribution in [0.25, 0.3) is 0 Å². The number of hydrogen-bond acceptors (Lipinski definition) is 4. The Morgan fingerprint density at radius 1 is 1.16 bits per heavy atom. The normalized spacial score (nSPS) is 11.4. The van der Waals surface area contributed by atoms with E-state index in [-0.39, 0.29) is 10.6 Å². The standard InChI is InChI=1S/C13H13NO4S/c1-10-7-11(14(16)13(15)8-10)9-19(17,18)12-5-3-2-4-6-12/h2-8,16H,9H2,1H3. The van der Waals surface area contributed by atoms with Crippen LogP contribution in [0.15, 0.2) is 52.2 Å². The summed E-state index contributed by atoms with van der Waals surface area (Å²) < 4.78 is 24.7. The molecule has 0 saturated heterocycles. The summed E-state index contributed by atoms with van der Waals surface area (Å²) in [7, 11) is -3.59. The first kappa shape index (κ1) is 13.4. The molecule has 0 atom stereocenters. The Hall–Kier alpha value is -2.08. The molecule has 0 amide bonds. The summed E-state index contributed by atoms with van der Waals surface area (Å²) in [6.45, 7) is 1.67. The van der Waals surface area contributed by atoms with Gasteiger partial charge >= 0.3 is 0 Å². The van der Waals surface area contributed by atoms with Gasteiger partial charge in [-0.05, 0) is 30.7 Å². The maximum Gasteiger partial charge on any atom is 0.283 e. The molecule has 19 heavy (non-hydrogen) atoms. The number of aromatic nitrogens is 1. The van der Waals surface area contributed by atoms with Crippen molar-refractivity contribution in [3.8, 4) is 0 Å². The lowest BCUT2D eigenvalue weighted by Gasteiger charge is -2.08. The summed E-state index contributed by atoms with van der Waals surface area (Å²) >= 11 is 0. The predicted molar refractivity (Wildman–Crippen MR) is 70.0 cm³/mol. The molecule has 100 valence electrons. The third-order valence-corrected chi connectivity index (χ3v) is 4.33. The summed E-state index contributed by atoms with van der Waals surface area (Å²) in [5.41, 5.74) is 0.0145. The van der Waals surface area contributed by atoms with E-state index >= 15 is 0 Å². The summed E-state index contributed by atoms with van der Waals surface area (Å²) in [4.78, 5) is 11.6. The van der Waals surface area contributed by atoms with Gasteiger partial charge in [-0.25, -0.2) is 8.42 Å². The first-order valence-corrected chi connectivity index (χ1v) is 7.25. The molecule has 0 unspecified atom stereocenters. The molecule has 1 N–H and O–H groups in total. The Morgan fingerprint density at radius 2 is 1.79 bits per heavy atom. The molecule has 1 aromatic carbocycles. The molecule has 1 aromatic heterocycles. The van der Waals surface area contributed by atoms with Crippen LogP contribution in [0.3, 0.4) is 0 Å². The Bertz CT molecular complexity index is 748. The van der Waals surface area contributed by atoms with Crippen LogP contribution in [-0.4, -0.2) is 18.4 Å². The molecule has 0 saturated carbocycles. The minimum atomic E-state index is -3.59. The minimum Gasteiger partial charge on any atom is -0.425 e. The molecule has 0 radical (unpaired) electrons. The van der Waals surface area contributed by atoms with Crippen molar-refractivity contribution in [2.45, 2.75) is 17.6 Å². The predicted octanol–water partition coefficient (Wildman–Crippen LogP) is 1.37. The molecule has 0 aliphatic carbocycles. The van der Waals surface area contributed by atoms with Crippen LogP contribution in [0, 0.1) is 6.92 Å². The monoisotopic (exact) mass is 279 g/mol.